The lowest BCUT2D eigenvalue weighted by Crippen LogP contribution is -2.24. The van der Waals surface area contributed by atoms with Crippen molar-refractivity contribution in [1.29, 1.82) is 0 Å². The zero-order chi connectivity index (χ0) is 9.52. The number of nitrogens with two attached hydrogens (primary N) is 1. The van der Waals surface area contributed by atoms with E-state index >= 15 is 0 Å². The fourth-order valence-electron chi connectivity index (χ4n) is 1.11. The molecule has 1 aromatic rings. The smallest absolute Gasteiger partial charge is 0.123 e. The van der Waals surface area contributed by atoms with Crippen LogP contribution in [0.3, 0.4) is 0 Å². The average Bonchev–Trinajstić information content (AvgIpc) is 2.15. The minimum Gasteiger partial charge on any atom is -0.329 e. The molecule has 0 aromatic heterocycles. The van der Waals surface area contributed by atoms with Gasteiger partial charge in [0.25, 0.3) is 0 Å². The summed E-state index contributed by atoms with van der Waals surface area (Å²) in [5.74, 6) is -0.182. The summed E-state index contributed by atoms with van der Waals surface area (Å²) in [4.78, 5) is 0. The van der Waals surface area contributed by atoms with Crippen LogP contribution in [0.4, 0.5) is 4.39 Å². The van der Waals surface area contributed by atoms with Crippen molar-refractivity contribution in [1.82, 2.24) is 5.32 Å². The molecule has 0 radical (unpaired) electrons. The van der Waals surface area contributed by atoms with Crippen LogP contribution in [-0.4, -0.2) is 19.6 Å². The van der Waals surface area contributed by atoms with E-state index in [1.54, 1.807) is 12.1 Å². The van der Waals surface area contributed by atoms with Crippen LogP contribution < -0.4 is 11.1 Å². The fourth-order valence-corrected chi connectivity index (χ4v) is 1.11. The summed E-state index contributed by atoms with van der Waals surface area (Å²) in [7, 11) is 0. The summed E-state index contributed by atoms with van der Waals surface area (Å²) in [6.45, 7) is 2.38. The lowest BCUT2D eigenvalue weighted by Gasteiger charge is -2.02. The minimum absolute atomic E-state index is 0. The Kier molecular flexibility index (Phi) is 6.98. The second-order valence-electron chi connectivity index (χ2n) is 2.92. The van der Waals surface area contributed by atoms with Gasteiger partial charge in [-0.3, -0.25) is 0 Å². The topological polar surface area (TPSA) is 38.0 Å². The van der Waals surface area contributed by atoms with Crippen LogP contribution in [0.1, 0.15) is 13.0 Å². The summed E-state index contributed by atoms with van der Waals surface area (Å²) in [6, 6.07) is 6.58. The van der Waals surface area contributed by atoms with E-state index in [9.17, 15) is 4.39 Å². The molecule has 1 aromatic carbocycles. The molecule has 80 valence electrons. The summed E-state index contributed by atoms with van der Waals surface area (Å²) in [6.07, 6.45) is 0.917. The molecule has 0 atom stereocenters. The summed E-state index contributed by atoms with van der Waals surface area (Å²) in [5, 5.41) is 3.18. The highest BCUT2D eigenvalue weighted by molar-refractivity contribution is 5.16. The normalized spacial score (nSPS) is 9.57. The summed E-state index contributed by atoms with van der Waals surface area (Å²) in [5.41, 5.74) is 6.46. The SMILES string of the molecule is C.NCCNCCc1ccc(F)cc1. The standard InChI is InChI=1S/C10H15FN2.CH4/c11-10-3-1-9(2-4-10)5-7-13-8-6-12;/h1-4,13H,5-8,12H2;1H4. The molecule has 3 N–H and O–H groups in total. The van der Waals surface area contributed by atoms with E-state index in [1.807, 2.05) is 0 Å². The maximum Gasteiger partial charge on any atom is 0.123 e. The maximum absolute atomic E-state index is 12.5. The second kappa shape index (κ2) is 7.47. The third kappa shape index (κ3) is 4.94. The zero-order valence-electron chi connectivity index (χ0n) is 7.59. The van der Waals surface area contributed by atoms with Gasteiger partial charge in [-0.25, -0.2) is 4.39 Å². The van der Waals surface area contributed by atoms with E-state index in [0.717, 1.165) is 25.1 Å². The molecule has 0 heterocycles. The highest BCUT2D eigenvalue weighted by atomic mass is 19.1. The molecule has 2 nitrogen and oxygen atoms in total. The Balaban J connectivity index is 0.00000169. The van der Waals surface area contributed by atoms with Gasteiger partial charge in [0, 0.05) is 13.1 Å². The molecule has 3 heteroatoms. The van der Waals surface area contributed by atoms with Crippen LogP contribution in [0, 0.1) is 5.82 Å². The lowest BCUT2D eigenvalue weighted by molar-refractivity contribution is 0.626. The number of halogens is 1. The lowest BCUT2D eigenvalue weighted by atomic mass is 10.1. The van der Waals surface area contributed by atoms with Gasteiger partial charge in [0.05, 0.1) is 0 Å². The summed E-state index contributed by atoms with van der Waals surface area (Å²) >= 11 is 0. The van der Waals surface area contributed by atoms with Crippen LogP contribution in [0.25, 0.3) is 0 Å². The van der Waals surface area contributed by atoms with Crippen molar-refractivity contribution >= 4 is 0 Å². The van der Waals surface area contributed by atoms with Gasteiger partial charge in [0.1, 0.15) is 5.82 Å². The minimum atomic E-state index is -0.182. The van der Waals surface area contributed by atoms with E-state index < -0.39 is 0 Å². The Morgan fingerprint density at radius 2 is 1.79 bits per heavy atom. The van der Waals surface area contributed by atoms with E-state index in [2.05, 4.69) is 5.32 Å². The van der Waals surface area contributed by atoms with Crippen LogP contribution >= 0.6 is 0 Å². The molecule has 1 rings (SSSR count). The Morgan fingerprint density at radius 3 is 2.36 bits per heavy atom. The zero-order valence-corrected chi connectivity index (χ0v) is 7.59. The molecule has 0 saturated carbocycles. The number of nitrogens with one attached hydrogen (secondary N) is 1. The van der Waals surface area contributed by atoms with Gasteiger partial charge in [-0.1, -0.05) is 19.6 Å². The Hall–Kier alpha value is -0.930. The van der Waals surface area contributed by atoms with Crippen molar-refractivity contribution in [2.45, 2.75) is 13.8 Å². The molecule has 0 spiro atoms. The molecule has 14 heavy (non-hydrogen) atoms. The van der Waals surface area contributed by atoms with Crippen molar-refractivity contribution in [3.05, 3.63) is 35.6 Å². The van der Waals surface area contributed by atoms with Crippen molar-refractivity contribution in [2.24, 2.45) is 5.73 Å². The Labute approximate surface area is 85.3 Å². The van der Waals surface area contributed by atoms with Gasteiger partial charge < -0.3 is 11.1 Å². The second-order valence-corrected chi connectivity index (χ2v) is 2.92. The van der Waals surface area contributed by atoms with Gasteiger partial charge >= 0.3 is 0 Å². The molecule has 0 saturated heterocycles. The third-order valence-electron chi connectivity index (χ3n) is 1.82. The van der Waals surface area contributed by atoms with Crippen molar-refractivity contribution < 1.29 is 4.39 Å². The first-order chi connectivity index (χ1) is 6.33. The molecule has 0 aliphatic heterocycles. The first-order valence-electron chi connectivity index (χ1n) is 4.48. The van der Waals surface area contributed by atoms with E-state index in [4.69, 9.17) is 5.73 Å². The first kappa shape index (κ1) is 13.1. The van der Waals surface area contributed by atoms with Gasteiger partial charge in [0.2, 0.25) is 0 Å². The van der Waals surface area contributed by atoms with Crippen molar-refractivity contribution in [3.8, 4) is 0 Å². The molecule has 0 bridgehead atoms. The van der Waals surface area contributed by atoms with Crippen LogP contribution in [-0.2, 0) is 6.42 Å². The predicted octanol–water partition coefficient (Wildman–Crippen LogP) is 1.55. The summed E-state index contributed by atoms with van der Waals surface area (Å²) < 4.78 is 12.5. The third-order valence-corrected chi connectivity index (χ3v) is 1.82. The first-order valence-corrected chi connectivity index (χ1v) is 4.48. The molecule has 0 aliphatic rings. The van der Waals surface area contributed by atoms with Crippen molar-refractivity contribution in [2.75, 3.05) is 19.6 Å². The van der Waals surface area contributed by atoms with Crippen LogP contribution in [0.15, 0.2) is 24.3 Å². The van der Waals surface area contributed by atoms with Crippen LogP contribution in [0.2, 0.25) is 0 Å². The predicted molar refractivity (Wildman–Crippen MR) is 58.8 cm³/mol. The Morgan fingerprint density at radius 1 is 1.14 bits per heavy atom. The van der Waals surface area contributed by atoms with Gasteiger partial charge in [-0.2, -0.15) is 0 Å². The monoisotopic (exact) mass is 198 g/mol. The number of benzene rings is 1. The number of rotatable bonds is 5. The molecule has 0 amide bonds. The van der Waals surface area contributed by atoms with E-state index in [-0.39, 0.29) is 13.2 Å². The van der Waals surface area contributed by atoms with Gasteiger partial charge in [0.15, 0.2) is 0 Å². The largest absolute Gasteiger partial charge is 0.329 e. The number of hydrogen-bond acceptors (Lipinski definition) is 2. The van der Waals surface area contributed by atoms with Crippen molar-refractivity contribution in [3.63, 3.8) is 0 Å². The fraction of sp³-hybridized carbons (Fsp3) is 0.455. The molecule has 0 aliphatic carbocycles. The molecule has 0 fully saturated rings. The highest BCUT2D eigenvalue weighted by Crippen LogP contribution is 2.02. The van der Waals surface area contributed by atoms with Gasteiger partial charge in [-0.15, -0.1) is 0 Å². The Bertz CT molecular complexity index is 234. The number of hydrogen-bond donors (Lipinski definition) is 2. The van der Waals surface area contributed by atoms with E-state index in [0.29, 0.717) is 6.54 Å². The maximum atomic E-state index is 12.5. The molecular formula is C11H19FN2. The van der Waals surface area contributed by atoms with Crippen LogP contribution in [0.5, 0.6) is 0 Å². The highest BCUT2D eigenvalue weighted by Gasteiger charge is 1.92. The average molecular weight is 198 g/mol. The molecular weight excluding hydrogens is 179 g/mol. The molecule has 0 unspecified atom stereocenters. The van der Waals surface area contributed by atoms with Gasteiger partial charge in [-0.05, 0) is 30.7 Å². The van der Waals surface area contributed by atoms with E-state index in [1.165, 1.54) is 12.1 Å². The quantitative estimate of drug-likeness (QED) is 0.704.